The SMILES string of the molecule is CC(CCN(C)C)NC(=O)C1CCCCC1N. The first kappa shape index (κ1) is 14.5. The average molecular weight is 241 g/mol. The Kier molecular flexibility index (Phi) is 5.92. The van der Waals surface area contributed by atoms with Gasteiger partial charge in [-0.15, -0.1) is 0 Å². The van der Waals surface area contributed by atoms with Crippen molar-refractivity contribution in [2.45, 2.75) is 51.1 Å². The zero-order valence-electron chi connectivity index (χ0n) is 11.4. The molecule has 100 valence electrons. The zero-order valence-corrected chi connectivity index (χ0v) is 11.4. The van der Waals surface area contributed by atoms with Crippen molar-refractivity contribution in [2.24, 2.45) is 11.7 Å². The summed E-state index contributed by atoms with van der Waals surface area (Å²) in [5, 5.41) is 3.09. The third-order valence-electron chi connectivity index (χ3n) is 3.55. The summed E-state index contributed by atoms with van der Waals surface area (Å²) in [5.74, 6) is 0.189. The number of hydrogen-bond acceptors (Lipinski definition) is 3. The lowest BCUT2D eigenvalue weighted by molar-refractivity contribution is -0.127. The topological polar surface area (TPSA) is 58.4 Å². The van der Waals surface area contributed by atoms with E-state index in [1.807, 2.05) is 14.1 Å². The summed E-state index contributed by atoms with van der Waals surface area (Å²) in [4.78, 5) is 14.2. The number of carbonyl (C=O) groups is 1. The van der Waals surface area contributed by atoms with Gasteiger partial charge in [0.05, 0.1) is 5.92 Å². The molecule has 1 rings (SSSR count). The summed E-state index contributed by atoms with van der Waals surface area (Å²) in [7, 11) is 4.09. The van der Waals surface area contributed by atoms with Crippen LogP contribution in [0, 0.1) is 5.92 Å². The Bertz CT molecular complexity index is 243. The Hall–Kier alpha value is -0.610. The minimum atomic E-state index is 0.0329. The second-order valence-corrected chi connectivity index (χ2v) is 5.56. The van der Waals surface area contributed by atoms with Crippen molar-refractivity contribution in [2.75, 3.05) is 20.6 Å². The Morgan fingerprint density at radius 3 is 2.65 bits per heavy atom. The lowest BCUT2D eigenvalue weighted by Crippen LogP contribution is -2.46. The maximum atomic E-state index is 12.1. The molecule has 0 spiro atoms. The fourth-order valence-electron chi connectivity index (χ4n) is 2.36. The van der Waals surface area contributed by atoms with Crippen molar-refractivity contribution in [1.29, 1.82) is 0 Å². The summed E-state index contributed by atoms with van der Waals surface area (Å²) in [6, 6.07) is 0.295. The summed E-state index contributed by atoms with van der Waals surface area (Å²) in [6.07, 6.45) is 5.23. The number of carbonyl (C=O) groups excluding carboxylic acids is 1. The first-order valence-electron chi connectivity index (χ1n) is 6.71. The second kappa shape index (κ2) is 6.97. The standard InChI is InChI=1S/C13H27N3O/c1-10(8-9-16(2)3)15-13(17)11-6-4-5-7-12(11)14/h10-12H,4-9,14H2,1-3H3,(H,15,17). The molecule has 0 radical (unpaired) electrons. The third-order valence-corrected chi connectivity index (χ3v) is 3.55. The van der Waals surface area contributed by atoms with Crippen molar-refractivity contribution in [3.8, 4) is 0 Å². The van der Waals surface area contributed by atoms with Crippen LogP contribution in [-0.4, -0.2) is 43.5 Å². The molecule has 17 heavy (non-hydrogen) atoms. The van der Waals surface area contributed by atoms with E-state index in [0.29, 0.717) is 0 Å². The minimum absolute atomic E-state index is 0.0329. The van der Waals surface area contributed by atoms with Gasteiger partial charge in [-0.05, 0) is 46.8 Å². The fourth-order valence-corrected chi connectivity index (χ4v) is 2.36. The van der Waals surface area contributed by atoms with E-state index in [9.17, 15) is 4.79 Å². The van der Waals surface area contributed by atoms with Gasteiger partial charge in [-0.3, -0.25) is 4.79 Å². The third kappa shape index (κ3) is 5.04. The highest BCUT2D eigenvalue weighted by Crippen LogP contribution is 2.23. The van der Waals surface area contributed by atoms with Crippen LogP contribution >= 0.6 is 0 Å². The van der Waals surface area contributed by atoms with E-state index in [1.54, 1.807) is 0 Å². The van der Waals surface area contributed by atoms with Gasteiger partial charge in [0.1, 0.15) is 0 Å². The van der Waals surface area contributed by atoms with E-state index < -0.39 is 0 Å². The Labute approximate surface area is 105 Å². The molecule has 0 aliphatic heterocycles. The van der Waals surface area contributed by atoms with Gasteiger partial charge < -0.3 is 16.0 Å². The number of hydrogen-bond donors (Lipinski definition) is 2. The molecule has 3 N–H and O–H groups in total. The van der Waals surface area contributed by atoms with Crippen molar-refractivity contribution in [1.82, 2.24) is 10.2 Å². The van der Waals surface area contributed by atoms with E-state index in [1.165, 1.54) is 6.42 Å². The molecule has 0 bridgehead atoms. The van der Waals surface area contributed by atoms with E-state index in [0.717, 1.165) is 32.2 Å². The van der Waals surface area contributed by atoms with Crippen molar-refractivity contribution in [3.63, 3.8) is 0 Å². The zero-order chi connectivity index (χ0) is 12.8. The first-order chi connectivity index (χ1) is 8.00. The number of nitrogens with two attached hydrogens (primary N) is 1. The van der Waals surface area contributed by atoms with Gasteiger partial charge in [0, 0.05) is 12.1 Å². The maximum Gasteiger partial charge on any atom is 0.224 e. The molecule has 1 saturated carbocycles. The van der Waals surface area contributed by atoms with Crippen LogP contribution in [0.25, 0.3) is 0 Å². The molecule has 1 aliphatic carbocycles. The quantitative estimate of drug-likeness (QED) is 0.754. The van der Waals surface area contributed by atoms with Crippen LogP contribution in [0.3, 0.4) is 0 Å². The molecule has 0 aromatic heterocycles. The molecule has 0 aromatic carbocycles. The van der Waals surface area contributed by atoms with E-state index >= 15 is 0 Å². The molecular formula is C13H27N3O. The molecule has 0 heterocycles. The van der Waals surface area contributed by atoms with Crippen LogP contribution in [-0.2, 0) is 4.79 Å². The smallest absolute Gasteiger partial charge is 0.224 e. The van der Waals surface area contributed by atoms with Crippen molar-refractivity contribution in [3.05, 3.63) is 0 Å². The molecular weight excluding hydrogens is 214 g/mol. The molecule has 0 saturated heterocycles. The Morgan fingerprint density at radius 1 is 1.41 bits per heavy atom. The number of nitrogens with one attached hydrogen (secondary N) is 1. The van der Waals surface area contributed by atoms with Gasteiger partial charge in [-0.25, -0.2) is 0 Å². The van der Waals surface area contributed by atoms with Crippen LogP contribution in [0.5, 0.6) is 0 Å². The molecule has 4 heteroatoms. The van der Waals surface area contributed by atoms with E-state index in [2.05, 4.69) is 17.1 Å². The summed E-state index contributed by atoms with van der Waals surface area (Å²) >= 11 is 0. The Balaban J connectivity index is 2.32. The van der Waals surface area contributed by atoms with Gasteiger partial charge in [0.15, 0.2) is 0 Å². The molecule has 0 aromatic rings. The second-order valence-electron chi connectivity index (χ2n) is 5.56. The average Bonchev–Trinajstić information content (AvgIpc) is 2.26. The largest absolute Gasteiger partial charge is 0.353 e. The summed E-state index contributed by atoms with van der Waals surface area (Å²) < 4.78 is 0. The van der Waals surface area contributed by atoms with Gasteiger partial charge in [0.2, 0.25) is 5.91 Å². The lowest BCUT2D eigenvalue weighted by Gasteiger charge is -2.29. The van der Waals surface area contributed by atoms with E-state index in [4.69, 9.17) is 5.73 Å². The van der Waals surface area contributed by atoms with Gasteiger partial charge in [0.25, 0.3) is 0 Å². The van der Waals surface area contributed by atoms with Crippen molar-refractivity contribution < 1.29 is 4.79 Å². The molecule has 1 amide bonds. The monoisotopic (exact) mass is 241 g/mol. The number of rotatable bonds is 5. The normalized spacial score (nSPS) is 26.9. The molecule has 3 atom stereocenters. The highest BCUT2D eigenvalue weighted by atomic mass is 16.2. The molecule has 4 nitrogen and oxygen atoms in total. The summed E-state index contributed by atoms with van der Waals surface area (Å²) in [6.45, 7) is 3.06. The predicted molar refractivity (Wildman–Crippen MR) is 70.7 cm³/mol. The minimum Gasteiger partial charge on any atom is -0.353 e. The number of amides is 1. The van der Waals surface area contributed by atoms with Gasteiger partial charge >= 0.3 is 0 Å². The van der Waals surface area contributed by atoms with Crippen LogP contribution in [0.2, 0.25) is 0 Å². The van der Waals surface area contributed by atoms with Crippen LogP contribution in [0.15, 0.2) is 0 Å². The molecule has 3 unspecified atom stereocenters. The van der Waals surface area contributed by atoms with Crippen LogP contribution in [0.1, 0.15) is 39.0 Å². The van der Waals surface area contributed by atoms with Crippen LogP contribution < -0.4 is 11.1 Å². The van der Waals surface area contributed by atoms with Gasteiger partial charge in [-0.1, -0.05) is 12.8 Å². The maximum absolute atomic E-state index is 12.1. The Morgan fingerprint density at radius 2 is 2.06 bits per heavy atom. The lowest BCUT2D eigenvalue weighted by atomic mass is 9.84. The van der Waals surface area contributed by atoms with Crippen LogP contribution in [0.4, 0.5) is 0 Å². The van der Waals surface area contributed by atoms with Gasteiger partial charge in [-0.2, -0.15) is 0 Å². The molecule has 1 fully saturated rings. The molecule has 1 aliphatic rings. The predicted octanol–water partition coefficient (Wildman–Crippen LogP) is 0.960. The number of nitrogens with zero attached hydrogens (tertiary/aromatic N) is 1. The first-order valence-corrected chi connectivity index (χ1v) is 6.71. The summed E-state index contributed by atoms with van der Waals surface area (Å²) in [5.41, 5.74) is 6.01. The van der Waals surface area contributed by atoms with Crippen molar-refractivity contribution >= 4 is 5.91 Å². The highest BCUT2D eigenvalue weighted by Gasteiger charge is 2.28. The fraction of sp³-hybridized carbons (Fsp3) is 0.923. The van der Waals surface area contributed by atoms with E-state index in [-0.39, 0.29) is 23.9 Å². The highest BCUT2D eigenvalue weighted by molar-refractivity contribution is 5.79.